The highest BCUT2D eigenvalue weighted by molar-refractivity contribution is 7.99. The number of hydrogen-bond donors (Lipinski definition) is 2. The Hall–Kier alpha value is -1.93. The van der Waals surface area contributed by atoms with Crippen molar-refractivity contribution in [1.29, 1.82) is 0 Å². The Morgan fingerprint density at radius 1 is 1.20 bits per heavy atom. The molecule has 0 amide bonds. The average Bonchev–Trinajstić information content (AvgIpc) is 2.61. The summed E-state index contributed by atoms with van der Waals surface area (Å²) < 4.78 is 5.15. The standard InChI is InChI=1S/C18H22N2O4S/c1-14-2-5-16(6-3-14)25-18-7-4-15(12-17(18)20(22)23)13-19-8-10-24-11-9-21/h2-7,12,19,21H,8-11,13H2,1H3. The molecule has 0 unspecified atom stereocenters. The van der Waals surface area contributed by atoms with Crippen LogP contribution in [0.25, 0.3) is 0 Å². The van der Waals surface area contributed by atoms with Gasteiger partial charge in [0.2, 0.25) is 0 Å². The molecule has 0 aliphatic rings. The van der Waals surface area contributed by atoms with E-state index < -0.39 is 0 Å². The maximum absolute atomic E-state index is 11.4. The molecule has 2 rings (SSSR count). The summed E-state index contributed by atoms with van der Waals surface area (Å²) >= 11 is 1.39. The molecule has 134 valence electrons. The fraction of sp³-hybridized carbons (Fsp3) is 0.333. The Kier molecular flexibility index (Phi) is 7.87. The SMILES string of the molecule is Cc1ccc(Sc2ccc(CNCCOCCO)cc2[N+](=O)[O-])cc1. The molecule has 0 aromatic heterocycles. The molecule has 25 heavy (non-hydrogen) atoms. The highest BCUT2D eigenvalue weighted by atomic mass is 32.2. The van der Waals surface area contributed by atoms with Crippen LogP contribution in [0.2, 0.25) is 0 Å². The van der Waals surface area contributed by atoms with Gasteiger partial charge in [0.05, 0.1) is 29.6 Å². The quantitative estimate of drug-likeness (QED) is 0.384. The van der Waals surface area contributed by atoms with Crippen LogP contribution in [0.15, 0.2) is 52.3 Å². The molecule has 0 aliphatic heterocycles. The van der Waals surface area contributed by atoms with Crippen LogP contribution in [0.3, 0.4) is 0 Å². The molecule has 0 saturated carbocycles. The van der Waals surface area contributed by atoms with E-state index in [0.717, 1.165) is 16.0 Å². The molecule has 0 radical (unpaired) electrons. The van der Waals surface area contributed by atoms with Crippen LogP contribution in [-0.4, -0.2) is 36.4 Å². The van der Waals surface area contributed by atoms with Gasteiger partial charge in [0.1, 0.15) is 0 Å². The summed E-state index contributed by atoms with van der Waals surface area (Å²) in [4.78, 5) is 12.7. The first kappa shape index (κ1) is 19.4. The van der Waals surface area contributed by atoms with Gasteiger partial charge in [-0.1, -0.05) is 35.5 Å². The van der Waals surface area contributed by atoms with Crippen molar-refractivity contribution in [2.75, 3.05) is 26.4 Å². The minimum Gasteiger partial charge on any atom is -0.394 e. The Morgan fingerprint density at radius 2 is 1.96 bits per heavy atom. The fourth-order valence-electron chi connectivity index (χ4n) is 2.18. The van der Waals surface area contributed by atoms with Crippen LogP contribution in [-0.2, 0) is 11.3 Å². The van der Waals surface area contributed by atoms with Crippen molar-refractivity contribution in [3.05, 3.63) is 63.7 Å². The monoisotopic (exact) mass is 362 g/mol. The Labute approximate surface area is 151 Å². The van der Waals surface area contributed by atoms with Gasteiger partial charge in [0.25, 0.3) is 5.69 Å². The molecule has 2 aromatic rings. The summed E-state index contributed by atoms with van der Waals surface area (Å²) in [6.07, 6.45) is 0. The van der Waals surface area contributed by atoms with Gasteiger partial charge in [-0.05, 0) is 30.7 Å². The number of nitro groups is 1. The van der Waals surface area contributed by atoms with Gasteiger partial charge in [-0.15, -0.1) is 0 Å². The predicted octanol–water partition coefficient (Wildman–Crippen LogP) is 3.15. The topological polar surface area (TPSA) is 84.6 Å². The maximum Gasteiger partial charge on any atom is 0.283 e. The first-order valence-corrected chi connectivity index (χ1v) is 8.83. The minimum atomic E-state index is -0.343. The van der Waals surface area contributed by atoms with Gasteiger partial charge >= 0.3 is 0 Å². The minimum absolute atomic E-state index is 0.00626. The maximum atomic E-state index is 11.4. The molecular weight excluding hydrogens is 340 g/mol. The van der Waals surface area contributed by atoms with Crippen LogP contribution in [0.4, 0.5) is 5.69 Å². The van der Waals surface area contributed by atoms with Crippen LogP contribution >= 0.6 is 11.8 Å². The third-order valence-electron chi connectivity index (χ3n) is 3.46. The van der Waals surface area contributed by atoms with Crippen molar-refractivity contribution in [1.82, 2.24) is 5.32 Å². The van der Waals surface area contributed by atoms with Crippen molar-refractivity contribution in [2.45, 2.75) is 23.3 Å². The molecule has 2 aromatic carbocycles. The second-order valence-electron chi connectivity index (χ2n) is 5.49. The molecule has 0 atom stereocenters. The number of benzene rings is 2. The van der Waals surface area contributed by atoms with Gasteiger partial charge in [-0.2, -0.15) is 0 Å². The third-order valence-corrected chi connectivity index (χ3v) is 4.53. The van der Waals surface area contributed by atoms with E-state index >= 15 is 0 Å². The lowest BCUT2D eigenvalue weighted by atomic mass is 10.2. The molecule has 7 heteroatoms. The first-order valence-electron chi connectivity index (χ1n) is 8.01. The summed E-state index contributed by atoms with van der Waals surface area (Å²) in [7, 11) is 0. The van der Waals surface area contributed by atoms with Crippen LogP contribution in [0.1, 0.15) is 11.1 Å². The number of aliphatic hydroxyl groups excluding tert-OH is 1. The van der Waals surface area contributed by atoms with E-state index in [2.05, 4.69) is 5.32 Å². The molecule has 0 bridgehead atoms. The summed E-state index contributed by atoms with van der Waals surface area (Å²) in [5.41, 5.74) is 2.12. The van der Waals surface area contributed by atoms with Crippen LogP contribution < -0.4 is 5.32 Å². The zero-order valence-corrected chi connectivity index (χ0v) is 14.9. The molecule has 6 nitrogen and oxygen atoms in total. The van der Waals surface area contributed by atoms with E-state index in [-0.39, 0.29) is 17.2 Å². The van der Waals surface area contributed by atoms with Crippen LogP contribution in [0, 0.1) is 17.0 Å². The molecular formula is C18H22N2O4S. The van der Waals surface area contributed by atoms with E-state index in [9.17, 15) is 10.1 Å². The second-order valence-corrected chi connectivity index (χ2v) is 6.60. The number of aryl methyl sites for hydroxylation is 1. The molecule has 0 saturated heterocycles. The molecule has 0 fully saturated rings. The van der Waals surface area contributed by atoms with Gasteiger partial charge in [0.15, 0.2) is 0 Å². The highest BCUT2D eigenvalue weighted by Gasteiger charge is 2.15. The van der Waals surface area contributed by atoms with E-state index in [0.29, 0.717) is 31.2 Å². The largest absolute Gasteiger partial charge is 0.394 e. The number of aliphatic hydroxyl groups is 1. The van der Waals surface area contributed by atoms with E-state index in [1.165, 1.54) is 11.8 Å². The lowest BCUT2D eigenvalue weighted by Crippen LogP contribution is -2.20. The Morgan fingerprint density at radius 3 is 2.64 bits per heavy atom. The third kappa shape index (κ3) is 6.47. The van der Waals surface area contributed by atoms with Crippen molar-refractivity contribution in [2.24, 2.45) is 0 Å². The highest BCUT2D eigenvalue weighted by Crippen LogP contribution is 2.35. The van der Waals surface area contributed by atoms with Gasteiger partial charge < -0.3 is 15.2 Å². The fourth-order valence-corrected chi connectivity index (χ4v) is 3.08. The van der Waals surface area contributed by atoms with Crippen LogP contribution in [0.5, 0.6) is 0 Å². The van der Waals surface area contributed by atoms with Gasteiger partial charge in [-0.3, -0.25) is 10.1 Å². The zero-order valence-electron chi connectivity index (χ0n) is 14.1. The first-order chi connectivity index (χ1) is 12.1. The Balaban J connectivity index is 1.99. The van der Waals surface area contributed by atoms with Crippen molar-refractivity contribution >= 4 is 17.4 Å². The number of nitro benzene ring substituents is 1. The number of nitrogens with zero attached hydrogens (tertiary/aromatic N) is 1. The summed E-state index contributed by atoms with van der Waals surface area (Å²) in [6.45, 7) is 3.97. The lowest BCUT2D eigenvalue weighted by molar-refractivity contribution is -0.387. The normalized spacial score (nSPS) is 10.8. The number of ether oxygens (including phenoxy) is 1. The average molecular weight is 362 g/mol. The van der Waals surface area contributed by atoms with Crippen molar-refractivity contribution < 1.29 is 14.8 Å². The summed E-state index contributed by atoms with van der Waals surface area (Å²) in [5.74, 6) is 0. The van der Waals surface area contributed by atoms with Crippen molar-refractivity contribution in [3.8, 4) is 0 Å². The number of hydrogen-bond acceptors (Lipinski definition) is 6. The smallest absolute Gasteiger partial charge is 0.283 e. The van der Waals surface area contributed by atoms with E-state index in [1.54, 1.807) is 12.1 Å². The number of rotatable bonds is 10. The zero-order chi connectivity index (χ0) is 18.1. The van der Waals surface area contributed by atoms with Gasteiger partial charge in [-0.25, -0.2) is 0 Å². The molecule has 0 aliphatic carbocycles. The van der Waals surface area contributed by atoms with Gasteiger partial charge in [0, 0.05) is 24.1 Å². The number of nitrogens with one attached hydrogen (secondary N) is 1. The molecule has 0 spiro atoms. The second kappa shape index (κ2) is 10.1. The molecule has 2 N–H and O–H groups in total. The van der Waals surface area contributed by atoms with E-state index in [1.807, 2.05) is 37.3 Å². The summed E-state index contributed by atoms with van der Waals surface area (Å²) in [5, 5.41) is 23.2. The van der Waals surface area contributed by atoms with Crippen molar-refractivity contribution in [3.63, 3.8) is 0 Å². The molecule has 0 heterocycles. The Bertz CT molecular complexity index is 692. The lowest BCUT2D eigenvalue weighted by Gasteiger charge is -2.08. The van der Waals surface area contributed by atoms with E-state index in [4.69, 9.17) is 9.84 Å². The predicted molar refractivity (Wildman–Crippen MR) is 98.0 cm³/mol. The summed E-state index contributed by atoms with van der Waals surface area (Å²) in [6, 6.07) is 13.2.